The Morgan fingerprint density at radius 3 is 2.71 bits per heavy atom. The molecule has 0 radical (unpaired) electrons. The standard InChI is InChI=1S/C10H14N2O2/c1-7(13)14-5-4-8-2-3-9(11)6-10(8)12/h2-3,6H,4-5,11-12H2,1H3. The molecule has 0 aliphatic carbocycles. The van der Waals surface area contributed by atoms with Gasteiger partial charge in [-0.15, -0.1) is 0 Å². The molecule has 0 bridgehead atoms. The van der Waals surface area contributed by atoms with Crippen LogP contribution in [-0.4, -0.2) is 12.6 Å². The summed E-state index contributed by atoms with van der Waals surface area (Å²) in [5, 5.41) is 0. The number of ether oxygens (including phenoxy) is 1. The Hall–Kier alpha value is -1.71. The van der Waals surface area contributed by atoms with Gasteiger partial charge < -0.3 is 16.2 Å². The highest BCUT2D eigenvalue weighted by Crippen LogP contribution is 2.15. The zero-order valence-corrected chi connectivity index (χ0v) is 8.12. The molecular weight excluding hydrogens is 180 g/mol. The van der Waals surface area contributed by atoms with Crippen molar-refractivity contribution in [1.29, 1.82) is 0 Å². The van der Waals surface area contributed by atoms with Crippen molar-refractivity contribution < 1.29 is 9.53 Å². The van der Waals surface area contributed by atoms with Gasteiger partial charge in [-0.2, -0.15) is 0 Å². The van der Waals surface area contributed by atoms with E-state index in [1.54, 1.807) is 12.1 Å². The van der Waals surface area contributed by atoms with Gasteiger partial charge in [0.25, 0.3) is 0 Å². The van der Waals surface area contributed by atoms with Crippen molar-refractivity contribution in [3.8, 4) is 0 Å². The van der Waals surface area contributed by atoms with Crippen LogP contribution in [0.1, 0.15) is 12.5 Å². The lowest BCUT2D eigenvalue weighted by Gasteiger charge is -2.06. The zero-order valence-electron chi connectivity index (χ0n) is 8.12. The topological polar surface area (TPSA) is 78.3 Å². The van der Waals surface area contributed by atoms with Crippen molar-refractivity contribution in [2.24, 2.45) is 0 Å². The van der Waals surface area contributed by atoms with Crippen LogP contribution in [0.2, 0.25) is 0 Å². The third kappa shape index (κ3) is 2.97. The first-order chi connectivity index (χ1) is 6.59. The summed E-state index contributed by atoms with van der Waals surface area (Å²) >= 11 is 0. The summed E-state index contributed by atoms with van der Waals surface area (Å²) in [7, 11) is 0. The molecule has 4 nitrogen and oxygen atoms in total. The van der Waals surface area contributed by atoms with Gasteiger partial charge in [0.05, 0.1) is 6.61 Å². The normalized spacial score (nSPS) is 9.79. The molecule has 0 aromatic heterocycles. The Bertz CT molecular complexity index is 337. The maximum atomic E-state index is 10.5. The maximum absolute atomic E-state index is 10.5. The highest BCUT2D eigenvalue weighted by molar-refractivity contribution is 5.66. The molecule has 1 rings (SSSR count). The van der Waals surface area contributed by atoms with E-state index < -0.39 is 0 Å². The summed E-state index contributed by atoms with van der Waals surface area (Å²) in [5.41, 5.74) is 13.5. The lowest BCUT2D eigenvalue weighted by molar-refractivity contribution is -0.140. The minimum atomic E-state index is -0.279. The first-order valence-corrected chi connectivity index (χ1v) is 4.37. The van der Waals surface area contributed by atoms with Crippen LogP contribution < -0.4 is 11.5 Å². The van der Waals surface area contributed by atoms with Gasteiger partial charge in [-0.3, -0.25) is 4.79 Å². The quantitative estimate of drug-likeness (QED) is 0.554. The van der Waals surface area contributed by atoms with Gasteiger partial charge in [0.2, 0.25) is 0 Å². The van der Waals surface area contributed by atoms with Gasteiger partial charge >= 0.3 is 5.97 Å². The highest BCUT2D eigenvalue weighted by atomic mass is 16.5. The van der Waals surface area contributed by atoms with E-state index in [0.29, 0.717) is 24.4 Å². The first kappa shape index (κ1) is 10.4. The zero-order chi connectivity index (χ0) is 10.6. The maximum Gasteiger partial charge on any atom is 0.302 e. The number of esters is 1. The smallest absolute Gasteiger partial charge is 0.302 e. The van der Waals surface area contributed by atoms with E-state index in [1.807, 2.05) is 6.07 Å². The molecule has 4 N–H and O–H groups in total. The molecule has 0 amide bonds. The molecule has 0 atom stereocenters. The van der Waals surface area contributed by atoms with E-state index >= 15 is 0 Å². The number of hydrogen-bond acceptors (Lipinski definition) is 4. The van der Waals surface area contributed by atoms with Crippen molar-refractivity contribution >= 4 is 17.3 Å². The minimum Gasteiger partial charge on any atom is -0.466 e. The van der Waals surface area contributed by atoms with E-state index in [0.717, 1.165) is 5.56 Å². The Morgan fingerprint density at radius 2 is 2.14 bits per heavy atom. The molecule has 0 spiro atoms. The molecule has 0 saturated carbocycles. The Kier molecular flexibility index (Phi) is 3.34. The van der Waals surface area contributed by atoms with Crippen molar-refractivity contribution in [2.75, 3.05) is 18.1 Å². The third-order valence-electron chi connectivity index (χ3n) is 1.85. The highest BCUT2D eigenvalue weighted by Gasteiger charge is 2.00. The Labute approximate surface area is 82.8 Å². The van der Waals surface area contributed by atoms with Crippen LogP contribution in [0.5, 0.6) is 0 Å². The fourth-order valence-electron chi connectivity index (χ4n) is 1.15. The van der Waals surface area contributed by atoms with E-state index in [-0.39, 0.29) is 5.97 Å². The van der Waals surface area contributed by atoms with E-state index in [4.69, 9.17) is 16.2 Å². The summed E-state index contributed by atoms with van der Waals surface area (Å²) in [4.78, 5) is 10.5. The van der Waals surface area contributed by atoms with Crippen LogP contribution in [-0.2, 0) is 16.0 Å². The number of rotatable bonds is 3. The predicted molar refractivity (Wildman–Crippen MR) is 55.6 cm³/mol. The summed E-state index contributed by atoms with van der Waals surface area (Å²) in [6, 6.07) is 5.32. The van der Waals surface area contributed by atoms with E-state index in [9.17, 15) is 4.79 Å². The van der Waals surface area contributed by atoms with Crippen LogP contribution >= 0.6 is 0 Å². The number of carbonyl (C=O) groups is 1. The second-order valence-corrected chi connectivity index (χ2v) is 3.05. The van der Waals surface area contributed by atoms with Crippen LogP contribution in [0.15, 0.2) is 18.2 Å². The summed E-state index contributed by atoms with van der Waals surface area (Å²) < 4.78 is 4.81. The molecule has 0 fully saturated rings. The monoisotopic (exact) mass is 194 g/mol. The molecule has 0 unspecified atom stereocenters. The van der Waals surface area contributed by atoms with Gasteiger partial charge in [0.1, 0.15) is 0 Å². The second kappa shape index (κ2) is 4.50. The number of carbonyl (C=O) groups excluding carboxylic acids is 1. The average Bonchev–Trinajstić information content (AvgIpc) is 2.08. The molecule has 1 aromatic rings. The minimum absolute atomic E-state index is 0.279. The Balaban J connectivity index is 2.55. The van der Waals surface area contributed by atoms with Gasteiger partial charge in [-0.1, -0.05) is 6.07 Å². The molecule has 1 aromatic carbocycles. The molecule has 0 aliphatic heterocycles. The van der Waals surface area contributed by atoms with Gasteiger partial charge in [0, 0.05) is 24.7 Å². The van der Waals surface area contributed by atoms with Crippen LogP contribution in [0.3, 0.4) is 0 Å². The lowest BCUT2D eigenvalue weighted by atomic mass is 10.1. The number of nitrogens with two attached hydrogens (primary N) is 2. The molecule has 14 heavy (non-hydrogen) atoms. The van der Waals surface area contributed by atoms with Crippen LogP contribution in [0, 0.1) is 0 Å². The van der Waals surface area contributed by atoms with Gasteiger partial charge in [-0.25, -0.2) is 0 Å². The number of hydrogen-bond donors (Lipinski definition) is 2. The molecule has 0 saturated heterocycles. The largest absolute Gasteiger partial charge is 0.466 e. The molecule has 0 aliphatic rings. The second-order valence-electron chi connectivity index (χ2n) is 3.05. The number of anilines is 2. The number of benzene rings is 1. The van der Waals surface area contributed by atoms with Crippen molar-refractivity contribution in [2.45, 2.75) is 13.3 Å². The van der Waals surface area contributed by atoms with E-state index in [1.165, 1.54) is 6.92 Å². The first-order valence-electron chi connectivity index (χ1n) is 4.37. The van der Waals surface area contributed by atoms with Crippen LogP contribution in [0.25, 0.3) is 0 Å². The molecular formula is C10H14N2O2. The summed E-state index contributed by atoms with van der Waals surface area (Å²) in [6.07, 6.45) is 0.617. The Morgan fingerprint density at radius 1 is 1.43 bits per heavy atom. The summed E-state index contributed by atoms with van der Waals surface area (Å²) in [6.45, 7) is 1.73. The van der Waals surface area contributed by atoms with Crippen molar-refractivity contribution in [1.82, 2.24) is 0 Å². The SMILES string of the molecule is CC(=O)OCCc1ccc(N)cc1N. The fourth-order valence-corrected chi connectivity index (χ4v) is 1.15. The molecule has 76 valence electrons. The van der Waals surface area contributed by atoms with Crippen molar-refractivity contribution in [3.05, 3.63) is 23.8 Å². The average molecular weight is 194 g/mol. The fraction of sp³-hybridized carbons (Fsp3) is 0.300. The predicted octanol–water partition coefficient (Wildman–Crippen LogP) is 0.957. The third-order valence-corrected chi connectivity index (χ3v) is 1.85. The molecule has 0 heterocycles. The molecule has 4 heteroatoms. The van der Waals surface area contributed by atoms with Gasteiger partial charge in [0.15, 0.2) is 0 Å². The summed E-state index contributed by atoms with van der Waals surface area (Å²) in [5.74, 6) is -0.279. The van der Waals surface area contributed by atoms with Crippen molar-refractivity contribution in [3.63, 3.8) is 0 Å². The lowest BCUT2D eigenvalue weighted by Crippen LogP contribution is -2.05. The number of nitrogen functional groups attached to an aromatic ring is 2. The van der Waals surface area contributed by atoms with E-state index in [2.05, 4.69) is 0 Å². The van der Waals surface area contributed by atoms with Crippen LogP contribution in [0.4, 0.5) is 11.4 Å². The van der Waals surface area contributed by atoms with Gasteiger partial charge in [-0.05, 0) is 17.7 Å².